The van der Waals surface area contributed by atoms with Gasteiger partial charge >= 0.3 is 5.97 Å². The van der Waals surface area contributed by atoms with E-state index in [1.54, 1.807) is 24.0 Å². The normalized spacial score (nSPS) is 29.7. The molecule has 4 aliphatic rings. The Kier molecular flexibility index (Phi) is 11.1. The maximum absolute atomic E-state index is 14.7. The quantitative estimate of drug-likeness (QED) is 0.218. The summed E-state index contributed by atoms with van der Waals surface area (Å²) in [5.74, 6) is -2.78. The number of esters is 1. The summed E-state index contributed by atoms with van der Waals surface area (Å²) in [6.45, 7) is 13.5. The lowest BCUT2D eigenvalue weighted by molar-refractivity contribution is -0.160. The average Bonchev–Trinajstić information content (AvgIpc) is 3.63. The van der Waals surface area contributed by atoms with Crippen molar-refractivity contribution in [2.75, 3.05) is 19.7 Å². The second-order valence-electron chi connectivity index (χ2n) is 13.2. The van der Waals surface area contributed by atoms with Crippen molar-refractivity contribution >= 4 is 23.7 Å². The Morgan fingerprint density at radius 2 is 1.88 bits per heavy atom. The van der Waals surface area contributed by atoms with E-state index in [4.69, 9.17) is 9.47 Å². The van der Waals surface area contributed by atoms with Crippen molar-refractivity contribution in [3.8, 4) is 0 Å². The lowest BCUT2D eigenvalue weighted by Gasteiger charge is -2.42. The molecule has 3 heterocycles. The van der Waals surface area contributed by atoms with Crippen LogP contribution in [-0.4, -0.2) is 94.2 Å². The number of hydrogen-bond acceptors (Lipinski definition) is 7. The van der Waals surface area contributed by atoms with Gasteiger partial charge in [0.15, 0.2) is 0 Å². The highest BCUT2D eigenvalue weighted by Gasteiger charge is 2.75. The molecule has 7 atom stereocenters. The predicted molar refractivity (Wildman–Crippen MR) is 162 cm³/mol. The van der Waals surface area contributed by atoms with Crippen LogP contribution < -0.4 is 5.32 Å². The molecule has 1 aliphatic carbocycles. The Hall–Kier alpha value is -2.72. The minimum atomic E-state index is -1.16. The number of aliphatic hydroxyl groups is 1. The third-order valence-corrected chi connectivity index (χ3v) is 9.70. The SMILES string of the molecule is C=CCCC(=O)NC[C@@H](C)OC(=O)[C@@H]1[C@H]2C(=O)N([C@@H](CO)CC(C)C)[C@H](C(=O)N(CC=C)C3CCCCC3)[C@]23CC[C@H]1O3. The fourth-order valence-electron chi connectivity index (χ4n) is 7.86. The number of nitrogens with one attached hydrogen (secondary N) is 1. The molecule has 10 heteroatoms. The highest BCUT2D eigenvalue weighted by Crippen LogP contribution is 2.59. The molecule has 1 saturated carbocycles. The van der Waals surface area contributed by atoms with Crippen molar-refractivity contribution in [1.29, 1.82) is 0 Å². The van der Waals surface area contributed by atoms with E-state index in [-0.39, 0.29) is 42.8 Å². The van der Waals surface area contributed by atoms with Crippen LogP contribution in [0.3, 0.4) is 0 Å². The largest absolute Gasteiger partial charge is 0.460 e. The van der Waals surface area contributed by atoms with E-state index in [9.17, 15) is 24.3 Å². The molecule has 3 amide bonds. The van der Waals surface area contributed by atoms with Crippen LogP contribution in [0.15, 0.2) is 25.3 Å². The van der Waals surface area contributed by atoms with Gasteiger partial charge in [0.25, 0.3) is 0 Å². The van der Waals surface area contributed by atoms with Gasteiger partial charge < -0.3 is 29.7 Å². The summed E-state index contributed by atoms with van der Waals surface area (Å²) in [5.41, 5.74) is -1.16. The van der Waals surface area contributed by atoms with Crippen molar-refractivity contribution in [2.45, 2.75) is 121 Å². The summed E-state index contributed by atoms with van der Waals surface area (Å²) in [6, 6.07) is -1.47. The molecular weight excluding hydrogens is 550 g/mol. The van der Waals surface area contributed by atoms with Gasteiger partial charge in [0.05, 0.1) is 37.1 Å². The Balaban J connectivity index is 1.62. The molecule has 0 aromatic heterocycles. The number of fused-ring (bicyclic) bond motifs is 1. The molecule has 0 radical (unpaired) electrons. The van der Waals surface area contributed by atoms with Crippen LogP contribution in [0.2, 0.25) is 0 Å². The predicted octanol–water partition coefficient (Wildman–Crippen LogP) is 3.13. The van der Waals surface area contributed by atoms with E-state index in [2.05, 4.69) is 18.5 Å². The summed E-state index contributed by atoms with van der Waals surface area (Å²) in [5, 5.41) is 13.3. The molecule has 4 fully saturated rings. The van der Waals surface area contributed by atoms with Gasteiger partial charge in [0.2, 0.25) is 17.7 Å². The van der Waals surface area contributed by atoms with Crippen LogP contribution in [0, 0.1) is 17.8 Å². The minimum Gasteiger partial charge on any atom is -0.460 e. The van der Waals surface area contributed by atoms with Crippen LogP contribution in [0.4, 0.5) is 0 Å². The standard InChI is InChI=1S/C33H51N3O7/c1-6-8-14-26(38)34-19-22(5)42-32(41)27-25-15-16-33(43-25)28(27)30(39)36(24(20-37)18-21(3)4)29(33)31(40)35(17-7-2)23-12-10-9-11-13-23/h6-7,21-25,27-29,37H,1-2,8-20H2,3-5H3,(H,34,38)/t22-,24-,25-,27+,28+,29-,33+/m1/s1. The maximum Gasteiger partial charge on any atom is 0.312 e. The van der Waals surface area contributed by atoms with E-state index < -0.39 is 47.7 Å². The molecule has 1 spiro atoms. The van der Waals surface area contributed by atoms with E-state index in [0.717, 1.165) is 32.1 Å². The van der Waals surface area contributed by atoms with Gasteiger partial charge in [-0.2, -0.15) is 0 Å². The molecule has 0 aromatic carbocycles. The highest BCUT2D eigenvalue weighted by molar-refractivity contribution is 5.98. The first-order chi connectivity index (χ1) is 20.6. The molecule has 3 saturated heterocycles. The Labute approximate surface area is 256 Å². The molecular formula is C33H51N3O7. The number of aliphatic hydroxyl groups excluding tert-OH is 1. The van der Waals surface area contributed by atoms with Gasteiger partial charge in [-0.1, -0.05) is 45.3 Å². The third kappa shape index (κ3) is 6.70. The zero-order valence-corrected chi connectivity index (χ0v) is 26.2. The summed E-state index contributed by atoms with van der Waals surface area (Å²) >= 11 is 0. The number of carbonyl (C=O) groups is 4. The van der Waals surface area contributed by atoms with Gasteiger partial charge in [-0.25, -0.2) is 0 Å². The summed E-state index contributed by atoms with van der Waals surface area (Å²) in [7, 11) is 0. The fourth-order valence-corrected chi connectivity index (χ4v) is 7.86. The third-order valence-electron chi connectivity index (χ3n) is 9.70. The molecule has 43 heavy (non-hydrogen) atoms. The first-order valence-corrected chi connectivity index (χ1v) is 16.2. The molecule has 0 unspecified atom stereocenters. The molecule has 3 aliphatic heterocycles. The Morgan fingerprint density at radius 1 is 1.16 bits per heavy atom. The van der Waals surface area contributed by atoms with Crippen molar-refractivity contribution in [1.82, 2.24) is 15.1 Å². The first-order valence-electron chi connectivity index (χ1n) is 16.2. The molecule has 10 nitrogen and oxygen atoms in total. The summed E-state index contributed by atoms with van der Waals surface area (Å²) < 4.78 is 12.4. The molecule has 240 valence electrons. The average molecular weight is 602 g/mol. The van der Waals surface area contributed by atoms with E-state index >= 15 is 0 Å². The Morgan fingerprint density at radius 3 is 2.51 bits per heavy atom. The number of likely N-dealkylation sites (tertiary alicyclic amines) is 1. The number of hydrogen-bond donors (Lipinski definition) is 2. The zero-order valence-electron chi connectivity index (χ0n) is 26.2. The number of allylic oxidation sites excluding steroid dienone is 1. The monoisotopic (exact) mass is 601 g/mol. The number of ether oxygens (including phenoxy) is 2. The zero-order chi connectivity index (χ0) is 31.3. The van der Waals surface area contributed by atoms with Crippen LogP contribution in [0.25, 0.3) is 0 Å². The van der Waals surface area contributed by atoms with Gasteiger partial charge in [-0.05, 0) is 51.4 Å². The van der Waals surface area contributed by atoms with Gasteiger partial charge in [0, 0.05) is 19.0 Å². The van der Waals surface area contributed by atoms with Crippen LogP contribution >= 0.6 is 0 Å². The minimum absolute atomic E-state index is 0.0474. The van der Waals surface area contributed by atoms with Crippen LogP contribution in [0.5, 0.6) is 0 Å². The molecule has 4 rings (SSSR count). The number of nitrogens with zero attached hydrogens (tertiary/aromatic N) is 2. The molecule has 0 aromatic rings. The maximum atomic E-state index is 14.7. The first kappa shape index (κ1) is 33.2. The van der Waals surface area contributed by atoms with Crippen molar-refractivity contribution in [3.63, 3.8) is 0 Å². The second-order valence-corrected chi connectivity index (χ2v) is 13.2. The van der Waals surface area contributed by atoms with Crippen molar-refractivity contribution < 1.29 is 33.8 Å². The number of amides is 3. The van der Waals surface area contributed by atoms with Crippen molar-refractivity contribution in [3.05, 3.63) is 25.3 Å². The summed E-state index contributed by atoms with van der Waals surface area (Å²) in [4.78, 5) is 58.2. The van der Waals surface area contributed by atoms with E-state index in [1.807, 2.05) is 18.7 Å². The van der Waals surface area contributed by atoms with Gasteiger partial charge in [-0.15, -0.1) is 13.2 Å². The van der Waals surface area contributed by atoms with Crippen molar-refractivity contribution in [2.24, 2.45) is 17.8 Å². The van der Waals surface area contributed by atoms with Gasteiger partial charge in [-0.3, -0.25) is 19.2 Å². The lowest BCUT2D eigenvalue weighted by Crippen LogP contribution is -2.60. The van der Waals surface area contributed by atoms with E-state index in [0.29, 0.717) is 38.6 Å². The number of carbonyl (C=O) groups excluding carboxylic acids is 4. The molecule has 2 N–H and O–H groups in total. The molecule has 2 bridgehead atoms. The fraction of sp³-hybridized carbons (Fsp3) is 0.758. The smallest absolute Gasteiger partial charge is 0.312 e. The van der Waals surface area contributed by atoms with E-state index in [1.165, 1.54) is 0 Å². The summed E-state index contributed by atoms with van der Waals surface area (Å²) in [6.07, 6.45) is 9.65. The Bertz CT molecular complexity index is 1060. The number of rotatable bonds is 15. The second kappa shape index (κ2) is 14.4. The highest BCUT2D eigenvalue weighted by atomic mass is 16.6. The van der Waals surface area contributed by atoms with Crippen LogP contribution in [-0.2, 0) is 28.7 Å². The topological polar surface area (TPSA) is 125 Å². The lowest BCUT2D eigenvalue weighted by atomic mass is 9.70. The van der Waals surface area contributed by atoms with Gasteiger partial charge in [0.1, 0.15) is 17.7 Å². The van der Waals surface area contributed by atoms with Crippen LogP contribution in [0.1, 0.15) is 85.0 Å².